The van der Waals surface area contributed by atoms with Crippen molar-refractivity contribution in [2.24, 2.45) is 0 Å². The summed E-state index contributed by atoms with van der Waals surface area (Å²) in [7, 11) is 1.27. The molecule has 3 nitrogen and oxygen atoms in total. The van der Waals surface area contributed by atoms with Gasteiger partial charge in [-0.15, -0.1) is 0 Å². The second kappa shape index (κ2) is 4.60. The molecule has 76 valence electrons. The van der Waals surface area contributed by atoms with Crippen LogP contribution in [0.3, 0.4) is 0 Å². The van der Waals surface area contributed by atoms with Crippen LogP contribution in [0.5, 0.6) is 5.75 Å². The summed E-state index contributed by atoms with van der Waals surface area (Å²) in [4.78, 5) is 11.0. The lowest BCUT2D eigenvalue weighted by atomic mass is 10.3. The van der Waals surface area contributed by atoms with Crippen LogP contribution in [-0.2, 0) is 9.53 Å². The number of rotatable bonds is 3. The number of carbonyl (C=O) groups is 1. The Bertz CT molecular complexity index is 325. The maximum absolute atomic E-state index is 12.7. The number of esters is 1. The van der Waals surface area contributed by atoms with Crippen molar-refractivity contribution in [3.63, 3.8) is 0 Å². The number of ether oxygens (including phenoxy) is 2. The number of hydrogen-bond donors (Lipinski definition) is 0. The van der Waals surface area contributed by atoms with E-state index in [-0.39, 0.29) is 0 Å². The van der Waals surface area contributed by atoms with Crippen LogP contribution in [0, 0.1) is 5.82 Å². The fraction of sp³-hybridized carbons (Fsp3) is 0.300. The number of carbonyl (C=O) groups excluding carboxylic acids is 1. The first-order chi connectivity index (χ1) is 6.63. The third-order valence-electron chi connectivity index (χ3n) is 1.64. The van der Waals surface area contributed by atoms with Gasteiger partial charge in [-0.2, -0.15) is 0 Å². The molecule has 0 radical (unpaired) electrons. The monoisotopic (exact) mass is 198 g/mol. The second-order valence-electron chi connectivity index (χ2n) is 2.74. The highest BCUT2D eigenvalue weighted by molar-refractivity contribution is 5.74. The average Bonchev–Trinajstić information content (AvgIpc) is 2.16. The van der Waals surface area contributed by atoms with Gasteiger partial charge < -0.3 is 9.47 Å². The molecule has 1 rings (SSSR count). The predicted octanol–water partition coefficient (Wildman–Crippen LogP) is 1.77. The van der Waals surface area contributed by atoms with Gasteiger partial charge in [-0.25, -0.2) is 9.18 Å². The third kappa shape index (κ3) is 2.73. The standard InChI is InChI=1S/C10H11FO3/c1-7(10(12)13-2)14-9-5-3-4-8(11)6-9/h3-7H,1-2H3. The van der Waals surface area contributed by atoms with Crippen LogP contribution < -0.4 is 4.74 Å². The zero-order chi connectivity index (χ0) is 10.6. The lowest BCUT2D eigenvalue weighted by Gasteiger charge is -2.11. The molecule has 0 amide bonds. The minimum atomic E-state index is -0.734. The molecule has 4 heteroatoms. The van der Waals surface area contributed by atoms with Crippen molar-refractivity contribution in [1.29, 1.82) is 0 Å². The minimum absolute atomic E-state index is 0.308. The summed E-state index contributed by atoms with van der Waals surface area (Å²) in [6, 6.07) is 5.59. The molecule has 0 aliphatic rings. The Hall–Kier alpha value is -1.58. The highest BCUT2D eigenvalue weighted by Crippen LogP contribution is 2.13. The smallest absolute Gasteiger partial charge is 0.346 e. The highest BCUT2D eigenvalue weighted by Gasteiger charge is 2.14. The van der Waals surface area contributed by atoms with Crippen LogP contribution in [0.4, 0.5) is 4.39 Å². The first kappa shape index (κ1) is 10.5. The number of halogens is 1. The van der Waals surface area contributed by atoms with E-state index in [0.29, 0.717) is 5.75 Å². The molecule has 1 aromatic rings. The van der Waals surface area contributed by atoms with Crippen LogP contribution >= 0.6 is 0 Å². The van der Waals surface area contributed by atoms with Crippen LogP contribution in [0.2, 0.25) is 0 Å². The Morgan fingerprint density at radius 2 is 2.21 bits per heavy atom. The third-order valence-corrected chi connectivity index (χ3v) is 1.64. The summed E-state index contributed by atoms with van der Waals surface area (Å²) in [5, 5.41) is 0. The second-order valence-corrected chi connectivity index (χ2v) is 2.74. The van der Waals surface area contributed by atoms with Crippen LogP contribution in [0.15, 0.2) is 24.3 Å². The van der Waals surface area contributed by atoms with Crippen molar-refractivity contribution >= 4 is 5.97 Å². The topological polar surface area (TPSA) is 35.5 Å². The largest absolute Gasteiger partial charge is 0.479 e. The molecule has 0 saturated heterocycles. The molecular weight excluding hydrogens is 187 g/mol. The van der Waals surface area contributed by atoms with E-state index in [1.165, 1.54) is 32.2 Å². The van der Waals surface area contributed by atoms with Gasteiger partial charge in [0.15, 0.2) is 6.10 Å². The molecule has 0 bridgehead atoms. The molecule has 1 aromatic carbocycles. The zero-order valence-electron chi connectivity index (χ0n) is 7.99. The fourth-order valence-electron chi connectivity index (χ4n) is 0.959. The van der Waals surface area contributed by atoms with Gasteiger partial charge in [0.2, 0.25) is 0 Å². The Balaban J connectivity index is 2.64. The fourth-order valence-corrected chi connectivity index (χ4v) is 0.959. The Morgan fingerprint density at radius 3 is 2.79 bits per heavy atom. The van der Waals surface area contributed by atoms with Crippen LogP contribution in [-0.4, -0.2) is 19.2 Å². The normalized spacial score (nSPS) is 11.9. The molecule has 1 atom stereocenters. The molecule has 0 aliphatic carbocycles. The van der Waals surface area contributed by atoms with E-state index in [4.69, 9.17) is 4.74 Å². The summed E-state index contributed by atoms with van der Waals surface area (Å²) >= 11 is 0. The summed E-state index contributed by atoms with van der Waals surface area (Å²) in [6.07, 6.45) is -0.734. The maximum atomic E-state index is 12.7. The van der Waals surface area contributed by atoms with E-state index in [9.17, 15) is 9.18 Å². The minimum Gasteiger partial charge on any atom is -0.479 e. The molecule has 0 fully saturated rings. The lowest BCUT2D eigenvalue weighted by Crippen LogP contribution is -2.24. The molecule has 0 aliphatic heterocycles. The van der Waals surface area contributed by atoms with Gasteiger partial charge in [-0.05, 0) is 19.1 Å². The van der Waals surface area contributed by atoms with Gasteiger partial charge in [-0.1, -0.05) is 6.07 Å². The Kier molecular flexibility index (Phi) is 3.45. The van der Waals surface area contributed by atoms with E-state index in [2.05, 4.69) is 4.74 Å². The van der Waals surface area contributed by atoms with Gasteiger partial charge in [0.05, 0.1) is 7.11 Å². The van der Waals surface area contributed by atoms with Crippen molar-refractivity contribution < 1.29 is 18.7 Å². The maximum Gasteiger partial charge on any atom is 0.346 e. The van der Waals surface area contributed by atoms with Crippen molar-refractivity contribution in [2.45, 2.75) is 13.0 Å². The Morgan fingerprint density at radius 1 is 1.50 bits per heavy atom. The first-order valence-corrected chi connectivity index (χ1v) is 4.13. The van der Waals surface area contributed by atoms with Gasteiger partial charge in [-0.3, -0.25) is 0 Å². The lowest BCUT2D eigenvalue weighted by molar-refractivity contribution is -0.147. The molecule has 14 heavy (non-hydrogen) atoms. The first-order valence-electron chi connectivity index (χ1n) is 4.13. The van der Waals surface area contributed by atoms with E-state index in [1.807, 2.05) is 0 Å². The molecule has 0 N–H and O–H groups in total. The average molecular weight is 198 g/mol. The number of methoxy groups -OCH3 is 1. The van der Waals surface area contributed by atoms with Crippen molar-refractivity contribution in [3.8, 4) is 5.75 Å². The molecule has 0 spiro atoms. The molecule has 0 aromatic heterocycles. The van der Waals surface area contributed by atoms with E-state index < -0.39 is 17.9 Å². The van der Waals surface area contributed by atoms with Gasteiger partial charge in [0.1, 0.15) is 11.6 Å². The van der Waals surface area contributed by atoms with Crippen LogP contribution in [0.1, 0.15) is 6.92 Å². The summed E-state index contributed by atoms with van der Waals surface area (Å²) in [6.45, 7) is 1.54. The molecule has 1 unspecified atom stereocenters. The van der Waals surface area contributed by atoms with Crippen molar-refractivity contribution in [1.82, 2.24) is 0 Å². The highest BCUT2D eigenvalue weighted by atomic mass is 19.1. The van der Waals surface area contributed by atoms with Gasteiger partial charge >= 0.3 is 5.97 Å². The summed E-state index contributed by atoms with van der Waals surface area (Å²) in [5.74, 6) is -0.586. The van der Waals surface area contributed by atoms with Crippen LogP contribution in [0.25, 0.3) is 0 Å². The van der Waals surface area contributed by atoms with Crippen molar-refractivity contribution in [2.75, 3.05) is 7.11 Å². The van der Waals surface area contributed by atoms with E-state index in [0.717, 1.165) is 0 Å². The Labute approximate surface area is 81.4 Å². The summed E-state index contributed by atoms with van der Waals surface area (Å²) in [5.41, 5.74) is 0. The zero-order valence-corrected chi connectivity index (χ0v) is 7.99. The van der Waals surface area contributed by atoms with Gasteiger partial charge in [0.25, 0.3) is 0 Å². The van der Waals surface area contributed by atoms with Crippen molar-refractivity contribution in [3.05, 3.63) is 30.1 Å². The quantitative estimate of drug-likeness (QED) is 0.694. The number of benzene rings is 1. The molecule has 0 saturated carbocycles. The number of hydrogen-bond acceptors (Lipinski definition) is 3. The summed E-state index contributed by atoms with van der Waals surface area (Å²) < 4.78 is 22.3. The van der Waals surface area contributed by atoms with E-state index in [1.54, 1.807) is 6.07 Å². The van der Waals surface area contributed by atoms with E-state index >= 15 is 0 Å². The van der Waals surface area contributed by atoms with Gasteiger partial charge in [0, 0.05) is 6.07 Å². The molecule has 0 heterocycles. The molecular formula is C10H11FO3. The SMILES string of the molecule is COC(=O)C(C)Oc1cccc(F)c1. The predicted molar refractivity (Wildman–Crippen MR) is 48.5 cm³/mol.